The van der Waals surface area contributed by atoms with Crippen molar-refractivity contribution in [2.24, 2.45) is 0 Å². The molecular weight excluding hydrogens is 385 g/mol. The second-order valence-electron chi connectivity index (χ2n) is 4.98. The van der Waals surface area contributed by atoms with Crippen LogP contribution in [0.15, 0.2) is 48.5 Å². The largest absolute Gasteiger partial charge is 0.352 e. The average molecular weight is 401 g/mol. The number of carbonyl (C=O) groups excluding carboxylic acids is 1. The molecule has 126 valence electrons. The number of hydrogen-bond acceptors (Lipinski definition) is 2. The Bertz CT molecular complexity index is 717. The third-order valence-corrected chi connectivity index (χ3v) is 5.12. The first-order valence-electron chi connectivity index (χ1n) is 7.28. The van der Waals surface area contributed by atoms with E-state index >= 15 is 0 Å². The van der Waals surface area contributed by atoms with Gasteiger partial charge in [0.1, 0.15) is 0 Å². The molecular formula is C18H16Cl3NOS. The van der Waals surface area contributed by atoms with Gasteiger partial charge in [0, 0.05) is 29.1 Å². The quantitative estimate of drug-likeness (QED) is 0.476. The molecule has 0 fully saturated rings. The van der Waals surface area contributed by atoms with Crippen molar-refractivity contribution in [3.8, 4) is 0 Å². The Morgan fingerprint density at radius 1 is 1.04 bits per heavy atom. The van der Waals surface area contributed by atoms with Gasteiger partial charge in [-0.15, -0.1) is 0 Å². The molecule has 0 aliphatic heterocycles. The maximum absolute atomic E-state index is 11.7. The van der Waals surface area contributed by atoms with Crippen LogP contribution in [0.2, 0.25) is 15.1 Å². The maximum atomic E-state index is 11.7. The van der Waals surface area contributed by atoms with Crippen molar-refractivity contribution < 1.29 is 4.79 Å². The highest BCUT2D eigenvalue weighted by molar-refractivity contribution is 7.98. The first kappa shape index (κ1) is 19.2. The molecule has 0 spiro atoms. The smallest absolute Gasteiger partial charge is 0.244 e. The van der Waals surface area contributed by atoms with Crippen LogP contribution in [0.1, 0.15) is 11.1 Å². The monoisotopic (exact) mass is 399 g/mol. The highest BCUT2D eigenvalue weighted by atomic mass is 35.5. The molecule has 2 aromatic carbocycles. The van der Waals surface area contributed by atoms with Crippen LogP contribution in [-0.2, 0) is 10.5 Å². The van der Waals surface area contributed by atoms with Crippen molar-refractivity contribution in [3.63, 3.8) is 0 Å². The maximum Gasteiger partial charge on any atom is 0.244 e. The van der Waals surface area contributed by atoms with E-state index in [-0.39, 0.29) is 5.91 Å². The van der Waals surface area contributed by atoms with Gasteiger partial charge in [-0.3, -0.25) is 4.79 Å². The van der Waals surface area contributed by atoms with Crippen LogP contribution in [0, 0.1) is 0 Å². The zero-order valence-corrected chi connectivity index (χ0v) is 15.9. The molecule has 0 radical (unpaired) electrons. The molecule has 2 aromatic rings. The van der Waals surface area contributed by atoms with Gasteiger partial charge in [0.05, 0.1) is 10.0 Å². The Labute approximate surface area is 161 Å². The summed E-state index contributed by atoms with van der Waals surface area (Å²) in [7, 11) is 0. The van der Waals surface area contributed by atoms with Crippen molar-refractivity contribution >= 4 is 58.5 Å². The van der Waals surface area contributed by atoms with Crippen molar-refractivity contribution in [1.82, 2.24) is 5.32 Å². The third kappa shape index (κ3) is 6.78. The molecule has 24 heavy (non-hydrogen) atoms. The Morgan fingerprint density at radius 3 is 2.50 bits per heavy atom. The summed E-state index contributed by atoms with van der Waals surface area (Å²) in [4.78, 5) is 11.7. The van der Waals surface area contributed by atoms with E-state index in [1.54, 1.807) is 36.0 Å². The molecule has 0 bridgehead atoms. The molecule has 0 saturated heterocycles. The standard InChI is InChI=1S/C18H16Cl3NOS/c19-15-5-1-13(2-6-15)4-8-18(23)22-9-10-24-12-14-3-7-16(20)17(21)11-14/h1-8,11H,9-10,12H2,(H,22,23)/b8-4+. The molecule has 0 aromatic heterocycles. The normalized spacial score (nSPS) is 11.0. The van der Waals surface area contributed by atoms with Gasteiger partial charge < -0.3 is 5.32 Å². The first-order valence-corrected chi connectivity index (χ1v) is 9.56. The highest BCUT2D eigenvalue weighted by Gasteiger charge is 2.00. The zero-order chi connectivity index (χ0) is 17.4. The zero-order valence-electron chi connectivity index (χ0n) is 12.8. The summed E-state index contributed by atoms with van der Waals surface area (Å²) in [6, 6.07) is 12.9. The van der Waals surface area contributed by atoms with Gasteiger partial charge in [-0.1, -0.05) is 53.0 Å². The molecule has 2 nitrogen and oxygen atoms in total. The topological polar surface area (TPSA) is 29.1 Å². The summed E-state index contributed by atoms with van der Waals surface area (Å²) in [5, 5.41) is 4.65. The van der Waals surface area contributed by atoms with Crippen LogP contribution in [0.3, 0.4) is 0 Å². The lowest BCUT2D eigenvalue weighted by molar-refractivity contribution is -0.116. The van der Waals surface area contributed by atoms with Gasteiger partial charge >= 0.3 is 0 Å². The van der Waals surface area contributed by atoms with Gasteiger partial charge in [0.2, 0.25) is 5.91 Å². The van der Waals surface area contributed by atoms with Crippen LogP contribution >= 0.6 is 46.6 Å². The van der Waals surface area contributed by atoms with Gasteiger partial charge in [-0.25, -0.2) is 0 Å². The highest BCUT2D eigenvalue weighted by Crippen LogP contribution is 2.24. The van der Waals surface area contributed by atoms with E-state index in [9.17, 15) is 4.79 Å². The molecule has 2 rings (SSSR count). The van der Waals surface area contributed by atoms with Crippen LogP contribution < -0.4 is 5.32 Å². The van der Waals surface area contributed by atoms with Crippen LogP contribution in [0.25, 0.3) is 6.08 Å². The van der Waals surface area contributed by atoms with Gasteiger partial charge in [0.15, 0.2) is 0 Å². The molecule has 6 heteroatoms. The number of amides is 1. The van der Waals surface area contributed by atoms with Gasteiger partial charge in [0.25, 0.3) is 0 Å². The fraction of sp³-hybridized carbons (Fsp3) is 0.167. The van der Waals surface area contributed by atoms with Crippen molar-refractivity contribution in [3.05, 3.63) is 74.7 Å². The Hall–Kier alpha value is -1.13. The Balaban J connectivity index is 1.65. The minimum absolute atomic E-state index is 0.111. The lowest BCUT2D eigenvalue weighted by Crippen LogP contribution is -2.23. The number of thioether (sulfide) groups is 1. The van der Waals surface area contributed by atoms with E-state index in [2.05, 4.69) is 5.32 Å². The van der Waals surface area contributed by atoms with E-state index < -0.39 is 0 Å². The number of halogens is 3. The average Bonchev–Trinajstić information content (AvgIpc) is 2.57. The van der Waals surface area contributed by atoms with Gasteiger partial charge in [-0.05, 0) is 41.5 Å². The van der Waals surface area contributed by atoms with Crippen LogP contribution in [-0.4, -0.2) is 18.2 Å². The molecule has 1 amide bonds. The number of benzene rings is 2. The second-order valence-corrected chi connectivity index (χ2v) is 7.33. The Morgan fingerprint density at radius 2 is 1.79 bits per heavy atom. The van der Waals surface area contributed by atoms with Gasteiger partial charge in [-0.2, -0.15) is 11.8 Å². The second kappa shape index (κ2) is 10.00. The van der Waals surface area contributed by atoms with E-state index in [0.717, 1.165) is 22.6 Å². The predicted molar refractivity (Wildman–Crippen MR) is 106 cm³/mol. The third-order valence-electron chi connectivity index (χ3n) is 3.10. The molecule has 0 aliphatic rings. The number of rotatable bonds is 7. The minimum atomic E-state index is -0.111. The fourth-order valence-electron chi connectivity index (χ4n) is 1.87. The summed E-state index contributed by atoms with van der Waals surface area (Å²) in [5.74, 6) is 1.54. The fourth-order valence-corrected chi connectivity index (χ4v) is 3.12. The molecule has 0 aliphatic carbocycles. The van der Waals surface area contributed by atoms with Crippen molar-refractivity contribution in [2.45, 2.75) is 5.75 Å². The Kier molecular flexibility index (Phi) is 8.00. The van der Waals surface area contributed by atoms with Crippen LogP contribution in [0.5, 0.6) is 0 Å². The summed E-state index contributed by atoms with van der Waals surface area (Å²) in [5.41, 5.74) is 2.05. The SMILES string of the molecule is O=C(/C=C/c1ccc(Cl)cc1)NCCSCc1ccc(Cl)c(Cl)c1. The molecule has 0 unspecified atom stereocenters. The van der Waals surface area contributed by atoms with E-state index in [1.807, 2.05) is 24.3 Å². The summed E-state index contributed by atoms with van der Waals surface area (Å²) < 4.78 is 0. The lowest BCUT2D eigenvalue weighted by Gasteiger charge is -2.04. The summed E-state index contributed by atoms with van der Waals surface area (Å²) >= 11 is 19.4. The van der Waals surface area contributed by atoms with E-state index in [4.69, 9.17) is 34.8 Å². The molecule has 0 heterocycles. The van der Waals surface area contributed by atoms with Crippen molar-refractivity contribution in [2.75, 3.05) is 12.3 Å². The van der Waals surface area contributed by atoms with Crippen molar-refractivity contribution in [1.29, 1.82) is 0 Å². The molecule has 0 atom stereocenters. The minimum Gasteiger partial charge on any atom is -0.352 e. The number of nitrogens with one attached hydrogen (secondary N) is 1. The van der Waals surface area contributed by atoms with Crippen LogP contribution in [0.4, 0.5) is 0 Å². The summed E-state index contributed by atoms with van der Waals surface area (Å²) in [6.07, 6.45) is 3.28. The number of hydrogen-bond donors (Lipinski definition) is 1. The lowest BCUT2D eigenvalue weighted by atomic mass is 10.2. The summed E-state index contributed by atoms with van der Waals surface area (Å²) in [6.45, 7) is 0.607. The first-order chi connectivity index (χ1) is 11.5. The molecule has 1 N–H and O–H groups in total. The number of carbonyl (C=O) groups is 1. The van der Waals surface area contributed by atoms with E-state index in [1.165, 1.54) is 6.08 Å². The predicted octanol–water partition coefficient (Wildman–Crippen LogP) is 5.71. The van der Waals surface area contributed by atoms with E-state index in [0.29, 0.717) is 21.6 Å². The molecule has 0 saturated carbocycles.